The lowest BCUT2D eigenvalue weighted by Gasteiger charge is -2.10. The van der Waals surface area contributed by atoms with Gasteiger partial charge in [-0.1, -0.05) is 19.1 Å². The summed E-state index contributed by atoms with van der Waals surface area (Å²) in [6.07, 6.45) is 1.70. The van der Waals surface area contributed by atoms with Crippen LogP contribution < -0.4 is 10.5 Å². The third kappa shape index (κ3) is 7.32. The highest BCUT2D eigenvalue weighted by Gasteiger charge is 2.27. The summed E-state index contributed by atoms with van der Waals surface area (Å²) < 4.78 is 40.9. The second-order valence-corrected chi connectivity index (χ2v) is 5.32. The molecule has 0 amide bonds. The standard InChI is InChI=1S/C13H18F3NOS/c1-2-11(17)9-10-3-5-12(6-4-10)18-7-8-19-13(14,15)16/h3-6,11H,2,7-9,17H2,1H3. The van der Waals surface area contributed by atoms with Crippen molar-refractivity contribution in [1.82, 2.24) is 0 Å². The van der Waals surface area contributed by atoms with Gasteiger partial charge in [0.2, 0.25) is 0 Å². The molecule has 0 heterocycles. The SMILES string of the molecule is CCC(N)Cc1ccc(OCCSC(F)(F)F)cc1. The van der Waals surface area contributed by atoms with Gasteiger partial charge >= 0.3 is 5.51 Å². The Morgan fingerprint density at radius 1 is 1.26 bits per heavy atom. The molecule has 2 N–H and O–H groups in total. The van der Waals surface area contributed by atoms with Crippen molar-refractivity contribution in [3.05, 3.63) is 29.8 Å². The second-order valence-electron chi connectivity index (χ2n) is 4.16. The molecule has 0 fully saturated rings. The Hall–Kier alpha value is -0.880. The van der Waals surface area contributed by atoms with Gasteiger partial charge in [-0.15, -0.1) is 0 Å². The Balaban J connectivity index is 2.32. The summed E-state index contributed by atoms with van der Waals surface area (Å²) in [6.45, 7) is 2.07. The normalized spacial score (nSPS) is 13.3. The summed E-state index contributed by atoms with van der Waals surface area (Å²) in [4.78, 5) is 0. The summed E-state index contributed by atoms with van der Waals surface area (Å²) in [5.41, 5.74) is 2.75. The highest BCUT2D eigenvalue weighted by molar-refractivity contribution is 8.00. The summed E-state index contributed by atoms with van der Waals surface area (Å²) in [6, 6.07) is 7.44. The van der Waals surface area contributed by atoms with E-state index in [1.165, 1.54) is 0 Å². The largest absolute Gasteiger partial charge is 0.493 e. The smallest absolute Gasteiger partial charge is 0.441 e. The van der Waals surface area contributed by atoms with Gasteiger partial charge in [0.15, 0.2) is 0 Å². The molecule has 0 aliphatic rings. The summed E-state index contributed by atoms with van der Waals surface area (Å²) in [5.74, 6) is 0.475. The summed E-state index contributed by atoms with van der Waals surface area (Å²) in [5, 5.41) is 0. The fourth-order valence-corrected chi connectivity index (χ4v) is 1.88. The molecule has 0 saturated carbocycles. The highest BCUT2D eigenvalue weighted by Crippen LogP contribution is 2.29. The van der Waals surface area contributed by atoms with Crippen molar-refractivity contribution in [2.24, 2.45) is 5.73 Å². The molecule has 0 aromatic heterocycles. The molecule has 2 nitrogen and oxygen atoms in total. The van der Waals surface area contributed by atoms with Gasteiger partial charge in [-0.25, -0.2) is 0 Å². The van der Waals surface area contributed by atoms with E-state index in [-0.39, 0.29) is 30.2 Å². The molecule has 19 heavy (non-hydrogen) atoms. The lowest BCUT2D eigenvalue weighted by atomic mass is 10.0. The van der Waals surface area contributed by atoms with Crippen LogP contribution in [-0.4, -0.2) is 23.9 Å². The molecule has 0 bridgehead atoms. The number of alkyl halides is 3. The average Bonchev–Trinajstić information content (AvgIpc) is 2.35. The maximum absolute atomic E-state index is 11.9. The number of halogens is 3. The molecule has 0 spiro atoms. The van der Waals surface area contributed by atoms with Gasteiger partial charge in [-0.3, -0.25) is 0 Å². The minimum Gasteiger partial charge on any atom is -0.493 e. The third-order valence-electron chi connectivity index (χ3n) is 2.56. The molecule has 1 aromatic carbocycles. The van der Waals surface area contributed by atoms with Crippen LogP contribution in [0.25, 0.3) is 0 Å². The lowest BCUT2D eigenvalue weighted by molar-refractivity contribution is -0.0329. The fourth-order valence-electron chi connectivity index (χ4n) is 1.49. The van der Waals surface area contributed by atoms with Crippen LogP contribution in [-0.2, 0) is 6.42 Å². The fraction of sp³-hybridized carbons (Fsp3) is 0.538. The number of nitrogens with two attached hydrogens (primary N) is 1. The molecule has 0 radical (unpaired) electrons. The van der Waals surface area contributed by atoms with Crippen molar-refractivity contribution in [2.75, 3.05) is 12.4 Å². The van der Waals surface area contributed by atoms with E-state index in [1.807, 2.05) is 19.1 Å². The second kappa shape index (κ2) is 7.65. The molecule has 108 valence electrons. The molecular weight excluding hydrogens is 275 g/mol. The molecular formula is C13H18F3NOS. The van der Waals surface area contributed by atoms with Crippen LogP contribution in [0.3, 0.4) is 0 Å². The first-order valence-electron chi connectivity index (χ1n) is 6.08. The van der Waals surface area contributed by atoms with Crippen LogP contribution in [0.4, 0.5) is 13.2 Å². The number of hydrogen-bond donors (Lipinski definition) is 1. The Bertz CT molecular complexity index is 367. The third-order valence-corrected chi connectivity index (χ3v) is 3.26. The topological polar surface area (TPSA) is 35.2 Å². The van der Waals surface area contributed by atoms with Crippen molar-refractivity contribution in [1.29, 1.82) is 0 Å². The summed E-state index contributed by atoms with van der Waals surface area (Å²) in [7, 11) is 0. The maximum Gasteiger partial charge on any atom is 0.441 e. The van der Waals surface area contributed by atoms with Crippen LogP contribution >= 0.6 is 11.8 Å². The van der Waals surface area contributed by atoms with Gasteiger partial charge in [-0.2, -0.15) is 13.2 Å². The monoisotopic (exact) mass is 293 g/mol. The zero-order valence-corrected chi connectivity index (χ0v) is 11.6. The van der Waals surface area contributed by atoms with Gasteiger partial charge in [0.05, 0.1) is 6.61 Å². The number of thioether (sulfide) groups is 1. The van der Waals surface area contributed by atoms with Gasteiger partial charge in [0.1, 0.15) is 5.75 Å². The van der Waals surface area contributed by atoms with Crippen molar-refractivity contribution in [3.63, 3.8) is 0 Å². The van der Waals surface area contributed by atoms with Crippen molar-refractivity contribution in [2.45, 2.75) is 31.3 Å². The van der Waals surface area contributed by atoms with E-state index in [4.69, 9.17) is 10.5 Å². The van der Waals surface area contributed by atoms with E-state index >= 15 is 0 Å². The van der Waals surface area contributed by atoms with Crippen molar-refractivity contribution >= 4 is 11.8 Å². The first kappa shape index (κ1) is 16.2. The molecule has 1 rings (SSSR count). The van der Waals surface area contributed by atoms with Gasteiger partial charge in [-0.05, 0) is 42.3 Å². The average molecular weight is 293 g/mol. The van der Waals surface area contributed by atoms with Crippen LogP contribution in [0.2, 0.25) is 0 Å². The minimum absolute atomic E-state index is 0.0397. The predicted octanol–water partition coefficient (Wildman–Crippen LogP) is 3.60. The minimum atomic E-state index is -4.19. The summed E-state index contributed by atoms with van der Waals surface area (Å²) >= 11 is -0.0742. The molecule has 0 aliphatic carbocycles. The zero-order valence-electron chi connectivity index (χ0n) is 10.7. The first-order valence-corrected chi connectivity index (χ1v) is 7.07. The molecule has 0 saturated heterocycles. The van der Waals surface area contributed by atoms with E-state index < -0.39 is 5.51 Å². The van der Waals surface area contributed by atoms with E-state index in [0.29, 0.717) is 5.75 Å². The van der Waals surface area contributed by atoms with Gasteiger partial charge in [0.25, 0.3) is 0 Å². The Labute approximate surface area is 115 Å². The van der Waals surface area contributed by atoms with Crippen molar-refractivity contribution in [3.8, 4) is 5.75 Å². The highest BCUT2D eigenvalue weighted by atomic mass is 32.2. The molecule has 1 aromatic rings. The Morgan fingerprint density at radius 3 is 2.42 bits per heavy atom. The maximum atomic E-state index is 11.9. The lowest BCUT2D eigenvalue weighted by Crippen LogP contribution is -2.21. The number of benzene rings is 1. The number of rotatable bonds is 7. The molecule has 1 atom stereocenters. The van der Waals surface area contributed by atoms with E-state index in [2.05, 4.69) is 0 Å². The van der Waals surface area contributed by atoms with Gasteiger partial charge < -0.3 is 10.5 Å². The Kier molecular flexibility index (Phi) is 6.51. The Morgan fingerprint density at radius 2 is 1.89 bits per heavy atom. The first-order chi connectivity index (χ1) is 8.90. The van der Waals surface area contributed by atoms with Crippen LogP contribution in [0.1, 0.15) is 18.9 Å². The molecule has 6 heteroatoms. The quantitative estimate of drug-likeness (QED) is 0.780. The number of ether oxygens (including phenoxy) is 1. The van der Waals surface area contributed by atoms with Crippen molar-refractivity contribution < 1.29 is 17.9 Å². The van der Waals surface area contributed by atoms with Gasteiger partial charge in [0, 0.05) is 11.8 Å². The predicted molar refractivity (Wildman–Crippen MR) is 72.4 cm³/mol. The van der Waals surface area contributed by atoms with E-state index in [9.17, 15) is 13.2 Å². The van der Waals surface area contributed by atoms with Crippen LogP contribution in [0.5, 0.6) is 5.75 Å². The molecule has 1 unspecified atom stereocenters. The van der Waals surface area contributed by atoms with Crippen LogP contribution in [0.15, 0.2) is 24.3 Å². The van der Waals surface area contributed by atoms with E-state index in [1.54, 1.807) is 12.1 Å². The van der Waals surface area contributed by atoms with E-state index in [0.717, 1.165) is 18.4 Å². The molecule has 0 aliphatic heterocycles. The number of hydrogen-bond acceptors (Lipinski definition) is 3. The zero-order chi connectivity index (χ0) is 14.3. The van der Waals surface area contributed by atoms with Crippen LogP contribution in [0, 0.1) is 0 Å².